The SMILES string of the molecule is CNC(=O)C[C@@H]1NC(=O)c2csc(n2)-c2ccc(-c3nc(N(CCC(=O)O)C(=O)OC4CC(C(=O)O)C4)cs3)nc2-c2csc(n2)-c2csc(n2)[C@H]([C@@H](O)c2ccccc2)NC(=O)CNC(=O)c2nc(sc2COC)[C@H](C(C)C)NC(=O)c2nc1sc2C. The molecule has 0 spiro atoms. The monoisotopic (exact) mass is 1310 g/mol. The van der Waals surface area contributed by atoms with Crippen molar-refractivity contribution in [3.05, 3.63) is 111 Å². The van der Waals surface area contributed by atoms with E-state index in [-0.39, 0.29) is 71.9 Å². The second-order valence-corrected chi connectivity index (χ2v) is 26.3. The summed E-state index contributed by atoms with van der Waals surface area (Å²) in [6.07, 6.45) is -3.37. The van der Waals surface area contributed by atoms with E-state index in [0.717, 1.165) is 61.6 Å². The van der Waals surface area contributed by atoms with Gasteiger partial charge in [0.05, 0.1) is 54.6 Å². The zero-order valence-electron chi connectivity index (χ0n) is 47.3. The van der Waals surface area contributed by atoms with Gasteiger partial charge in [-0.3, -0.25) is 38.5 Å². The summed E-state index contributed by atoms with van der Waals surface area (Å²) in [6.45, 7) is 4.56. The van der Waals surface area contributed by atoms with Crippen molar-refractivity contribution in [2.45, 2.75) is 83.4 Å². The molecule has 10 rings (SSSR count). The topological polar surface area (TPSA) is 369 Å². The molecule has 7 aromatic heterocycles. The molecule has 1 aliphatic heterocycles. The number of aromatic nitrogens is 7. The fourth-order valence-corrected chi connectivity index (χ4v) is 14.8. The van der Waals surface area contributed by atoms with E-state index in [2.05, 4.69) is 36.6 Å². The van der Waals surface area contributed by atoms with E-state index in [1.807, 2.05) is 13.8 Å². The number of anilines is 1. The standard InChI is InChI=1S/C56H55N13O13S6/c1-24(2)40-54-68-43(35(88-54)19-81-5)47(76)58-18-38(71)65-44(45(74)26-9-7-6-8-10-26)53-63-34(22-85-53)51-61-32(20-84-51)42-29(49-62-33(21-83-49)46(75)60-31(17-37(70)57-4)52-67-41(25(3)87-52)48(77)66-40)11-12-30(59-42)50-64-36(23-86-50)69(14-13-39(72)73)56(80)82-28-15-27(16-28)55(78)79/h6-12,20-24,27-28,31,40,44-45,74H,13-19H2,1-5H3,(H,57,70)(H,58,76)(H,60,75)(H,65,71)(H,66,77)(H,72,73)(H,78,79)/t27?,28?,31-,40-,44-,45-/m0/s1. The Morgan fingerprint density at radius 2 is 1.42 bits per heavy atom. The van der Waals surface area contributed by atoms with Gasteiger partial charge < -0.3 is 51.4 Å². The van der Waals surface area contributed by atoms with Crippen LogP contribution in [0.5, 0.6) is 0 Å². The quantitative estimate of drug-likeness (QED) is 0.0519. The maximum Gasteiger partial charge on any atom is 0.415 e. The highest BCUT2D eigenvalue weighted by molar-refractivity contribution is 7.15. The number of thiazole rings is 6. The number of fused-ring (bicyclic) bond motifs is 14. The molecule has 6 amide bonds. The Morgan fingerprint density at radius 1 is 0.716 bits per heavy atom. The Bertz CT molecular complexity index is 3940. The number of methoxy groups -OCH3 is 1. The minimum Gasteiger partial charge on any atom is -0.481 e. The Hall–Kier alpha value is -8.37. The first kappa shape index (κ1) is 62.7. The number of nitrogens with zero attached hydrogens (tertiary/aromatic N) is 8. The van der Waals surface area contributed by atoms with Crippen molar-refractivity contribution in [1.82, 2.24) is 61.5 Å². The molecule has 1 fully saturated rings. The Labute approximate surface area is 524 Å². The van der Waals surface area contributed by atoms with Crippen molar-refractivity contribution in [3.8, 4) is 43.4 Å². The molecule has 88 heavy (non-hydrogen) atoms. The zero-order chi connectivity index (χ0) is 62.5. The number of carbonyl (C=O) groups excluding carboxylic acids is 6. The van der Waals surface area contributed by atoms with Crippen molar-refractivity contribution >= 4 is 121 Å². The average molecular weight is 1310 g/mol. The summed E-state index contributed by atoms with van der Waals surface area (Å²) in [7, 11) is 2.91. The first-order valence-electron chi connectivity index (χ1n) is 27.1. The molecule has 8 heterocycles. The summed E-state index contributed by atoms with van der Waals surface area (Å²) in [4.78, 5) is 142. The molecule has 32 heteroatoms. The Balaban J connectivity index is 1.04. The second-order valence-electron chi connectivity index (χ2n) is 20.5. The highest BCUT2D eigenvalue weighted by atomic mass is 32.1. The van der Waals surface area contributed by atoms with Crippen LogP contribution in [0.4, 0.5) is 10.6 Å². The molecule has 4 atom stereocenters. The molecule has 1 saturated carbocycles. The lowest BCUT2D eigenvalue weighted by Crippen LogP contribution is -2.42. The van der Waals surface area contributed by atoms with E-state index >= 15 is 0 Å². The van der Waals surface area contributed by atoms with Crippen molar-refractivity contribution in [2.24, 2.45) is 11.8 Å². The van der Waals surface area contributed by atoms with E-state index in [1.165, 1.54) is 36.3 Å². The van der Waals surface area contributed by atoms with Crippen LogP contribution in [0.3, 0.4) is 0 Å². The first-order chi connectivity index (χ1) is 42.2. The third-order valence-electron chi connectivity index (χ3n) is 14.0. The zero-order valence-corrected chi connectivity index (χ0v) is 52.2. The smallest absolute Gasteiger partial charge is 0.415 e. The molecular weight excluding hydrogens is 1260 g/mol. The molecule has 0 unspecified atom stereocenters. The van der Waals surface area contributed by atoms with Crippen LogP contribution in [0.15, 0.2) is 64.0 Å². The van der Waals surface area contributed by atoms with Gasteiger partial charge in [0.25, 0.3) is 17.7 Å². The highest BCUT2D eigenvalue weighted by Crippen LogP contribution is 2.41. The van der Waals surface area contributed by atoms with Gasteiger partial charge >= 0.3 is 18.0 Å². The minimum atomic E-state index is -1.31. The number of hydrogen-bond acceptors (Lipinski definition) is 24. The molecule has 1 aliphatic carbocycles. The van der Waals surface area contributed by atoms with Gasteiger partial charge in [0, 0.05) is 52.7 Å². The van der Waals surface area contributed by atoms with Crippen LogP contribution in [0, 0.1) is 18.8 Å². The molecular formula is C56H55N13O13S6. The van der Waals surface area contributed by atoms with Gasteiger partial charge in [-0.1, -0.05) is 44.2 Å². The molecule has 458 valence electrons. The number of amides is 6. The molecule has 8 N–H and O–H groups in total. The summed E-state index contributed by atoms with van der Waals surface area (Å²) in [5.74, 6) is -6.09. The molecule has 26 nitrogen and oxygen atoms in total. The van der Waals surface area contributed by atoms with Gasteiger partial charge in [-0.15, -0.1) is 68.0 Å². The van der Waals surface area contributed by atoms with Gasteiger partial charge in [-0.25, -0.2) is 39.7 Å². The Kier molecular flexibility index (Phi) is 19.5. The van der Waals surface area contributed by atoms with Crippen LogP contribution in [-0.2, 0) is 35.3 Å². The van der Waals surface area contributed by atoms with Crippen molar-refractivity contribution in [2.75, 3.05) is 32.1 Å². The van der Waals surface area contributed by atoms with Crippen LogP contribution in [0.25, 0.3) is 43.4 Å². The average Bonchev–Trinajstić information content (AvgIpc) is 3.40. The third kappa shape index (κ3) is 14.1. The van der Waals surface area contributed by atoms with Gasteiger partial charge in [0.15, 0.2) is 0 Å². The van der Waals surface area contributed by atoms with Gasteiger partial charge in [-0.05, 0) is 43.4 Å². The molecule has 8 aromatic rings. The number of aliphatic hydroxyl groups excluding tert-OH is 1. The lowest BCUT2D eigenvalue weighted by Gasteiger charge is -2.33. The summed E-state index contributed by atoms with van der Waals surface area (Å²) < 4.78 is 11.0. The number of ether oxygens (including phenoxy) is 2. The number of aliphatic carboxylic acids is 2. The van der Waals surface area contributed by atoms with Gasteiger partial charge in [0.2, 0.25) is 11.8 Å². The summed E-state index contributed by atoms with van der Waals surface area (Å²) in [6, 6.07) is 9.13. The van der Waals surface area contributed by atoms with E-state index in [9.17, 15) is 53.7 Å². The number of carboxylic acid groups (broad SMARTS) is 2. The number of carbonyl (C=O) groups is 8. The number of benzene rings is 1. The molecule has 0 radical (unpaired) electrons. The maximum absolute atomic E-state index is 14.4. The molecule has 10 bridgehead atoms. The van der Waals surface area contributed by atoms with E-state index in [0.29, 0.717) is 63.0 Å². The lowest BCUT2D eigenvalue weighted by molar-refractivity contribution is -0.148. The number of hydrogen-bond donors (Lipinski definition) is 8. The number of rotatable bonds is 14. The molecule has 2 aliphatic rings. The number of pyridine rings is 1. The number of aryl methyl sites for hydroxylation is 1. The van der Waals surface area contributed by atoms with E-state index in [4.69, 9.17) is 34.4 Å². The Morgan fingerprint density at radius 3 is 2.15 bits per heavy atom. The largest absolute Gasteiger partial charge is 0.481 e. The summed E-state index contributed by atoms with van der Waals surface area (Å²) >= 11 is 6.86. The second kappa shape index (κ2) is 27.3. The maximum atomic E-state index is 14.4. The lowest BCUT2D eigenvalue weighted by atomic mass is 9.82. The van der Waals surface area contributed by atoms with Crippen LogP contribution in [0.1, 0.15) is 126 Å². The van der Waals surface area contributed by atoms with Crippen LogP contribution in [0.2, 0.25) is 0 Å². The van der Waals surface area contributed by atoms with Crippen LogP contribution < -0.4 is 31.5 Å². The van der Waals surface area contributed by atoms with Gasteiger partial charge in [0.1, 0.15) is 88.3 Å². The fourth-order valence-electron chi connectivity index (χ4n) is 9.28. The predicted octanol–water partition coefficient (Wildman–Crippen LogP) is 7.59. The first-order valence-corrected chi connectivity index (χ1v) is 32.3. The van der Waals surface area contributed by atoms with Gasteiger partial charge in [-0.2, -0.15) is 0 Å². The van der Waals surface area contributed by atoms with E-state index < -0.39 is 96.8 Å². The van der Waals surface area contributed by atoms with Crippen molar-refractivity contribution in [3.63, 3.8) is 0 Å². The summed E-state index contributed by atoms with van der Waals surface area (Å²) in [5.41, 5.74) is 2.16. The minimum absolute atomic E-state index is 0.0169. The fraction of sp³-hybridized carbons (Fsp3) is 0.339. The van der Waals surface area contributed by atoms with Crippen molar-refractivity contribution < 1.29 is 63.1 Å². The summed E-state index contributed by atoms with van der Waals surface area (Å²) in [5, 5.41) is 53.4. The van der Waals surface area contributed by atoms with Crippen molar-refractivity contribution in [1.29, 1.82) is 0 Å². The van der Waals surface area contributed by atoms with Crippen LogP contribution in [-0.4, -0.2) is 131 Å². The normalized spacial score (nSPS) is 18.4. The highest BCUT2D eigenvalue weighted by Gasteiger charge is 2.39. The third-order valence-corrected chi connectivity index (χ3v) is 19.7. The van der Waals surface area contributed by atoms with Crippen LogP contribution >= 0.6 is 68.0 Å². The predicted molar refractivity (Wildman–Crippen MR) is 327 cm³/mol. The number of carboxylic acids is 2. The van der Waals surface area contributed by atoms with E-state index in [1.54, 1.807) is 60.1 Å². The number of aliphatic hydroxyl groups is 1. The molecule has 0 saturated heterocycles. The molecule has 1 aromatic carbocycles. The number of nitrogens with one attached hydrogen (secondary N) is 5.